The van der Waals surface area contributed by atoms with Crippen LogP contribution in [0.25, 0.3) is 11.3 Å². The highest BCUT2D eigenvalue weighted by atomic mass is 19.4. The summed E-state index contributed by atoms with van der Waals surface area (Å²) in [6.45, 7) is 0. The molecule has 0 saturated carbocycles. The fraction of sp³-hybridized carbons (Fsp3) is 0.167. The minimum Gasteiger partial charge on any atom is -0.491 e. The number of anilines is 1. The van der Waals surface area contributed by atoms with Crippen molar-refractivity contribution in [3.63, 3.8) is 0 Å². The zero-order valence-electron chi connectivity index (χ0n) is 10.2. The van der Waals surface area contributed by atoms with Crippen LogP contribution in [0, 0.1) is 5.82 Å². The van der Waals surface area contributed by atoms with E-state index >= 15 is 0 Å². The van der Waals surface area contributed by atoms with Crippen molar-refractivity contribution in [2.24, 2.45) is 0 Å². The topological polar surface area (TPSA) is 61.0 Å². The molecule has 0 aliphatic heterocycles. The van der Waals surface area contributed by atoms with Gasteiger partial charge in [0.1, 0.15) is 17.8 Å². The van der Waals surface area contributed by atoms with E-state index in [1.54, 1.807) is 0 Å². The molecule has 1 aromatic carbocycles. The minimum atomic E-state index is -4.75. The van der Waals surface area contributed by atoms with E-state index in [0.717, 1.165) is 18.5 Å². The van der Waals surface area contributed by atoms with Gasteiger partial charge in [0, 0.05) is 5.56 Å². The van der Waals surface area contributed by atoms with E-state index in [1.165, 1.54) is 7.11 Å². The van der Waals surface area contributed by atoms with E-state index in [-0.39, 0.29) is 22.8 Å². The molecule has 0 radical (unpaired) electrons. The highest BCUT2D eigenvalue weighted by Gasteiger charge is 2.34. The molecule has 2 rings (SSSR count). The zero-order valence-corrected chi connectivity index (χ0v) is 10.2. The first-order chi connectivity index (χ1) is 9.34. The molecule has 2 N–H and O–H groups in total. The molecule has 0 aliphatic carbocycles. The first-order valence-electron chi connectivity index (χ1n) is 5.36. The second-order valence-corrected chi connectivity index (χ2v) is 3.83. The summed E-state index contributed by atoms with van der Waals surface area (Å²) in [6, 6.07) is 2.46. The van der Waals surface area contributed by atoms with E-state index in [4.69, 9.17) is 10.5 Å². The average molecular weight is 287 g/mol. The minimum absolute atomic E-state index is 0.0119. The van der Waals surface area contributed by atoms with Gasteiger partial charge in [-0.2, -0.15) is 13.2 Å². The van der Waals surface area contributed by atoms with Crippen LogP contribution in [0.2, 0.25) is 0 Å². The zero-order chi connectivity index (χ0) is 14.9. The Morgan fingerprint density at radius 2 is 1.90 bits per heavy atom. The largest absolute Gasteiger partial charge is 0.491 e. The van der Waals surface area contributed by atoms with E-state index < -0.39 is 17.6 Å². The third-order valence-corrected chi connectivity index (χ3v) is 2.58. The number of ether oxygens (including phenoxy) is 1. The standard InChI is InChI=1S/C12H9F4N3O/c1-20-10-9(18-5-19-11(10)17)6-2-3-7(8(13)4-6)12(14,15)16/h2-5H,1H3,(H2,17,18,19). The van der Waals surface area contributed by atoms with Crippen molar-refractivity contribution in [3.05, 3.63) is 35.9 Å². The lowest BCUT2D eigenvalue weighted by molar-refractivity contribution is -0.139. The Labute approximate surface area is 111 Å². The number of aromatic nitrogens is 2. The predicted molar refractivity (Wildman–Crippen MR) is 63.4 cm³/mol. The van der Waals surface area contributed by atoms with Gasteiger partial charge in [-0.1, -0.05) is 6.07 Å². The molecule has 0 fully saturated rings. The number of alkyl halides is 3. The summed E-state index contributed by atoms with van der Waals surface area (Å²) >= 11 is 0. The van der Waals surface area contributed by atoms with Crippen LogP contribution in [0.15, 0.2) is 24.5 Å². The summed E-state index contributed by atoms with van der Waals surface area (Å²) in [5.74, 6) is -1.31. The summed E-state index contributed by atoms with van der Waals surface area (Å²) in [7, 11) is 1.30. The van der Waals surface area contributed by atoms with Crippen LogP contribution in [0.3, 0.4) is 0 Å². The summed E-state index contributed by atoms with van der Waals surface area (Å²) in [6.07, 6.45) is -3.64. The molecular formula is C12H9F4N3O. The summed E-state index contributed by atoms with van der Waals surface area (Å²) in [5.41, 5.74) is 4.44. The number of rotatable bonds is 2. The maximum Gasteiger partial charge on any atom is 0.419 e. The van der Waals surface area contributed by atoms with Crippen LogP contribution >= 0.6 is 0 Å². The molecule has 0 atom stereocenters. The van der Waals surface area contributed by atoms with Crippen molar-refractivity contribution in [2.45, 2.75) is 6.18 Å². The number of halogens is 4. The van der Waals surface area contributed by atoms with Gasteiger partial charge < -0.3 is 10.5 Å². The van der Waals surface area contributed by atoms with Gasteiger partial charge in [0.25, 0.3) is 0 Å². The predicted octanol–water partition coefficient (Wildman–Crippen LogP) is 2.89. The van der Waals surface area contributed by atoms with Crippen molar-refractivity contribution < 1.29 is 22.3 Å². The maximum absolute atomic E-state index is 13.5. The Bertz CT molecular complexity index is 643. The molecule has 8 heteroatoms. The molecule has 0 saturated heterocycles. The lowest BCUT2D eigenvalue weighted by Gasteiger charge is -2.11. The third kappa shape index (κ3) is 2.49. The van der Waals surface area contributed by atoms with Crippen LogP contribution in [0.5, 0.6) is 5.75 Å². The maximum atomic E-state index is 13.5. The Hall–Kier alpha value is -2.38. The molecular weight excluding hydrogens is 278 g/mol. The van der Waals surface area contributed by atoms with Crippen LogP contribution in [-0.4, -0.2) is 17.1 Å². The van der Waals surface area contributed by atoms with Gasteiger partial charge in [-0.3, -0.25) is 0 Å². The van der Waals surface area contributed by atoms with Gasteiger partial charge in [-0.15, -0.1) is 0 Å². The Morgan fingerprint density at radius 1 is 1.20 bits per heavy atom. The molecule has 2 aromatic rings. The monoisotopic (exact) mass is 287 g/mol. The van der Waals surface area contributed by atoms with Gasteiger partial charge >= 0.3 is 6.18 Å². The Balaban J connectivity index is 2.56. The van der Waals surface area contributed by atoms with Gasteiger partial charge in [0.05, 0.1) is 12.7 Å². The van der Waals surface area contributed by atoms with Crippen molar-refractivity contribution in [1.29, 1.82) is 0 Å². The summed E-state index contributed by atoms with van der Waals surface area (Å²) in [5, 5.41) is 0. The molecule has 106 valence electrons. The molecule has 0 bridgehead atoms. The van der Waals surface area contributed by atoms with Crippen LogP contribution in [0.1, 0.15) is 5.56 Å². The van der Waals surface area contributed by atoms with Gasteiger partial charge in [0.15, 0.2) is 11.6 Å². The van der Waals surface area contributed by atoms with Crippen LogP contribution < -0.4 is 10.5 Å². The number of nitrogen functional groups attached to an aromatic ring is 1. The number of benzene rings is 1. The number of methoxy groups -OCH3 is 1. The second-order valence-electron chi connectivity index (χ2n) is 3.83. The molecule has 0 aliphatic rings. The molecule has 0 unspecified atom stereocenters. The lowest BCUT2D eigenvalue weighted by Crippen LogP contribution is -2.08. The van der Waals surface area contributed by atoms with Gasteiger partial charge in [0.2, 0.25) is 0 Å². The number of nitrogens with two attached hydrogens (primary N) is 1. The number of hydrogen-bond acceptors (Lipinski definition) is 4. The smallest absolute Gasteiger partial charge is 0.419 e. The third-order valence-electron chi connectivity index (χ3n) is 2.58. The first-order valence-corrected chi connectivity index (χ1v) is 5.36. The SMILES string of the molecule is COc1c(N)ncnc1-c1ccc(C(F)(F)F)c(F)c1. The molecule has 0 spiro atoms. The van der Waals surface area contributed by atoms with Crippen molar-refractivity contribution in [3.8, 4) is 17.0 Å². The quantitative estimate of drug-likeness (QED) is 0.863. The average Bonchev–Trinajstić information content (AvgIpc) is 2.36. The van der Waals surface area contributed by atoms with Gasteiger partial charge in [-0.05, 0) is 12.1 Å². The molecule has 1 aromatic heterocycles. The fourth-order valence-electron chi connectivity index (χ4n) is 1.69. The van der Waals surface area contributed by atoms with Crippen molar-refractivity contribution >= 4 is 5.82 Å². The van der Waals surface area contributed by atoms with E-state index in [2.05, 4.69) is 9.97 Å². The summed E-state index contributed by atoms with van der Waals surface area (Å²) in [4.78, 5) is 7.53. The molecule has 4 nitrogen and oxygen atoms in total. The van der Waals surface area contributed by atoms with Gasteiger partial charge in [-0.25, -0.2) is 14.4 Å². The van der Waals surface area contributed by atoms with Crippen LogP contribution in [-0.2, 0) is 6.18 Å². The van der Waals surface area contributed by atoms with Crippen molar-refractivity contribution in [2.75, 3.05) is 12.8 Å². The molecule has 0 amide bonds. The highest BCUT2D eigenvalue weighted by Crippen LogP contribution is 2.36. The highest BCUT2D eigenvalue weighted by molar-refractivity contribution is 5.71. The Kier molecular flexibility index (Phi) is 3.47. The van der Waals surface area contributed by atoms with Crippen molar-refractivity contribution in [1.82, 2.24) is 9.97 Å². The van der Waals surface area contributed by atoms with Crippen LogP contribution in [0.4, 0.5) is 23.4 Å². The molecule has 1 heterocycles. The van der Waals surface area contributed by atoms with E-state index in [0.29, 0.717) is 6.07 Å². The Morgan fingerprint density at radius 3 is 2.45 bits per heavy atom. The summed E-state index contributed by atoms with van der Waals surface area (Å²) < 4.78 is 56.0. The normalized spacial score (nSPS) is 11.4. The number of hydrogen-bond donors (Lipinski definition) is 1. The fourth-order valence-corrected chi connectivity index (χ4v) is 1.69. The second kappa shape index (κ2) is 4.95. The van der Waals surface area contributed by atoms with E-state index in [9.17, 15) is 17.6 Å². The van der Waals surface area contributed by atoms with E-state index in [1.807, 2.05) is 0 Å². The first kappa shape index (κ1) is 14.0. The number of nitrogens with zero attached hydrogens (tertiary/aromatic N) is 2. The lowest BCUT2D eigenvalue weighted by atomic mass is 10.1. The molecule has 20 heavy (non-hydrogen) atoms.